The lowest BCUT2D eigenvalue weighted by Crippen LogP contribution is -1.91. The van der Waals surface area contributed by atoms with E-state index >= 15 is 0 Å². The van der Waals surface area contributed by atoms with Crippen molar-refractivity contribution in [2.75, 3.05) is 0 Å². The second-order valence-electron chi connectivity index (χ2n) is 4.14. The molecule has 0 amide bonds. The zero-order chi connectivity index (χ0) is 13.8. The molecular weight excluding hydrogens is 272 g/mol. The maximum Gasteiger partial charge on any atom is 0.239 e. The number of nitrogens with zero attached hydrogens (tertiary/aromatic N) is 2. The zero-order valence-electron chi connectivity index (χ0n) is 10.5. The van der Waals surface area contributed by atoms with Crippen LogP contribution in [0.15, 0.2) is 67.0 Å². The van der Waals surface area contributed by atoms with Gasteiger partial charge in [-0.15, -0.1) is 0 Å². The Bertz CT molecular complexity index is 716. The normalized spacial score (nSPS) is 10.2. The van der Waals surface area contributed by atoms with Crippen LogP contribution in [0.2, 0.25) is 5.15 Å². The van der Waals surface area contributed by atoms with Gasteiger partial charge in [-0.25, -0.2) is 0 Å². The van der Waals surface area contributed by atoms with Crippen LogP contribution in [0.25, 0.3) is 11.1 Å². The second kappa shape index (κ2) is 5.72. The molecule has 0 radical (unpaired) electrons. The number of halogens is 1. The third-order valence-corrected chi connectivity index (χ3v) is 2.95. The fraction of sp³-hybridized carbons (Fsp3) is 0. The summed E-state index contributed by atoms with van der Waals surface area (Å²) in [5.74, 6) is 1.09. The van der Waals surface area contributed by atoms with Crippen LogP contribution in [0.5, 0.6) is 11.6 Å². The molecule has 20 heavy (non-hydrogen) atoms. The maximum absolute atomic E-state index is 5.81. The van der Waals surface area contributed by atoms with Gasteiger partial charge in [0.2, 0.25) is 5.88 Å². The number of hydrogen-bond donors (Lipinski definition) is 0. The van der Waals surface area contributed by atoms with Crippen LogP contribution in [-0.2, 0) is 0 Å². The van der Waals surface area contributed by atoms with Gasteiger partial charge in [-0.3, -0.25) is 4.98 Å². The van der Waals surface area contributed by atoms with Gasteiger partial charge in [0.15, 0.2) is 5.15 Å². The molecule has 4 heteroatoms. The summed E-state index contributed by atoms with van der Waals surface area (Å²) in [4.78, 5) is 8.05. The topological polar surface area (TPSA) is 35.0 Å². The number of benzene rings is 2. The lowest BCUT2D eigenvalue weighted by Gasteiger charge is -2.10. The lowest BCUT2D eigenvalue weighted by atomic mass is 10.1. The molecule has 0 spiro atoms. The van der Waals surface area contributed by atoms with Gasteiger partial charge in [0, 0.05) is 5.56 Å². The first-order valence-corrected chi connectivity index (χ1v) is 6.50. The highest BCUT2D eigenvalue weighted by molar-refractivity contribution is 6.29. The molecule has 1 heterocycles. The molecule has 0 aliphatic rings. The van der Waals surface area contributed by atoms with E-state index in [1.54, 1.807) is 0 Å². The first kappa shape index (κ1) is 12.6. The number of aromatic nitrogens is 2. The SMILES string of the molecule is Clc1cncc(Oc2ccccc2-c2ccccc2)n1. The molecule has 0 saturated carbocycles. The minimum Gasteiger partial charge on any atom is -0.437 e. The molecule has 0 unspecified atom stereocenters. The Morgan fingerprint density at radius 1 is 0.850 bits per heavy atom. The molecule has 0 aliphatic heterocycles. The maximum atomic E-state index is 5.81. The Kier molecular flexibility index (Phi) is 3.61. The Morgan fingerprint density at radius 3 is 2.40 bits per heavy atom. The van der Waals surface area contributed by atoms with Crippen molar-refractivity contribution in [3.05, 3.63) is 72.1 Å². The van der Waals surface area contributed by atoms with Crippen LogP contribution in [0.3, 0.4) is 0 Å². The summed E-state index contributed by atoms with van der Waals surface area (Å²) in [5.41, 5.74) is 2.08. The van der Waals surface area contributed by atoms with Crippen LogP contribution in [0.1, 0.15) is 0 Å². The van der Waals surface area contributed by atoms with Crippen molar-refractivity contribution in [3.8, 4) is 22.8 Å². The molecule has 0 aliphatic carbocycles. The lowest BCUT2D eigenvalue weighted by molar-refractivity contribution is 0.462. The quantitative estimate of drug-likeness (QED) is 0.705. The minimum atomic E-state index is 0.305. The molecule has 3 nitrogen and oxygen atoms in total. The monoisotopic (exact) mass is 282 g/mol. The Balaban J connectivity index is 1.99. The van der Waals surface area contributed by atoms with Crippen LogP contribution in [0.4, 0.5) is 0 Å². The van der Waals surface area contributed by atoms with Crippen molar-refractivity contribution in [2.24, 2.45) is 0 Å². The molecule has 0 saturated heterocycles. The summed E-state index contributed by atoms with van der Waals surface area (Å²) in [6.07, 6.45) is 3.01. The van der Waals surface area contributed by atoms with Gasteiger partial charge in [0.1, 0.15) is 5.75 Å². The van der Waals surface area contributed by atoms with Crippen molar-refractivity contribution in [1.29, 1.82) is 0 Å². The second-order valence-corrected chi connectivity index (χ2v) is 4.53. The van der Waals surface area contributed by atoms with E-state index in [2.05, 4.69) is 9.97 Å². The van der Waals surface area contributed by atoms with Crippen LogP contribution in [0, 0.1) is 0 Å². The summed E-state index contributed by atoms with van der Waals surface area (Å²) in [7, 11) is 0. The summed E-state index contributed by atoms with van der Waals surface area (Å²) >= 11 is 5.81. The summed E-state index contributed by atoms with van der Waals surface area (Å²) < 4.78 is 5.79. The van der Waals surface area contributed by atoms with Gasteiger partial charge in [-0.2, -0.15) is 4.98 Å². The number of rotatable bonds is 3. The van der Waals surface area contributed by atoms with Crippen LogP contribution < -0.4 is 4.74 Å². The third-order valence-electron chi connectivity index (χ3n) is 2.77. The number of para-hydroxylation sites is 1. The van der Waals surface area contributed by atoms with E-state index in [4.69, 9.17) is 16.3 Å². The molecule has 1 aromatic heterocycles. The Hall–Kier alpha value is -2.39. The van der Waals surface area contributed by atoms with E-state index in [9.17, 15) is 0 Å². The van der Waals surface area contributed by atoms with Crippen molar-refractivity contribution in [2.45, 2.75) is 0 Å². The number of hydrogen-bond acceptors (Lipinski definition) is 3. The zero-order valence-corrected chi connectivity index (χ0v) is 11.3. The van der Waals surface area contributed by atoms with E-state index in [0.29, 0.717) is 11.0 Å². The molecule has 2 aromatic carbocycles. The summed E-state index contributed by atoms with van der Waals surface area (Å²) in [5, 5.41) is 0.305. The fourth-order valence-corrected chi connectivity index (χ4v) is 2.04. The van der Waals surface area contributed by atoms with E-state index in [1.807, 2.05) is 54.6 Å². The molecule has 3 aromatic rings. The van der Waals surface area contributed by atoms with Gasteiger partial charge in [-0.05, 0) is 11.6 Å². The van der Waals surface area contributed by atoms with Crippen LogP contribution >= 0.6 is 11.6 Å². The molecule has 98 valence electrons. The summed E-state index contributed by atoms with van der Waals surface area (Å²) in [6, 6.07) is 17.8. The molecule has 0 N–H and O–H groups in total. The first-order chi connectivity index (χ1) is 9.83. The third kappa shape index (κ3) is 2.78. The van der Waals surface area contributed by atoms with Crippen LogP contribution in [-0.4, -0.2) is 9.97 Å². The standard InChI is InChI=1S/C16H11ClN2O/c17-15-10-18-11-16(19-15)20-14-9-5-4-8-13(14)12-6-2-1-3-7-12/h1-11H. The number of ether oxygens (including phenoxy) is 1. The van der Waals surface area contributed by atoms with E-state index in [-0.39, 0.29) is 0 Å². The Labute approximate surface area is 121 Å². The average molecular weight is 283 g/mol. The molecule has 3 rings (SSSR count). The molecular formula is C16H11ClN2O. The van der Waals surface area contributed by atoms with Crippen molar-refractivity contribution < 1.29 is 4.74 Å². The van der Waals surface area contributed by atoms with Gasteiger partial charge in [-0.1, -0.05) is 60.1 Å². The fourth-order valence-electron chi connectivity index (χ4n) is 1.90. The van der Waals surface area contributed by atoms with E-state index in [1.165, 1.54) is 12.4 Å². The Morgan fingerprint density at radius 2 is 1.60 bits per heavy atom. The molecule has 0 atom stereocenters. The van der Waals surface area contributed by atoms with Gasteiger partial charge in [0.25, 0.3) is 0 Å². The van der Waals surface area contributed by atoms with Crippen molar-refractivity contribution in [1.82, 2.24) is 9.97 Å². The molecule has 0 bridgehead atoms. The van der Waals surface area contributed by atoms with Gasteiger partial charge >= 0.3 is 0 Å². The predicted molar refractivity (Wildman–Crippen MR) is 79.0 cm³/mol. The highest BCUT2D eigenvalue weighted by atomic mass is 35.5. The highest BCUT2D eigenvalue weighted by Gasteiger charge is 2.07. The summed E-state index contributed by atoms with van der Waals surface area (Å²) in [6.45, 7) is 0. The van der Waals surface area contributed by atoms with Crippen molar-refractivity contribution >= 4 is 11.6 Å². The van der Waals surface area contributed by atoms with E-state index in [0.717, 1.165) is 16.9 Å². The minimum absolute atomic E-state index is 0.305. The van der Waals surface area contributed by atoms with E-state index < -0.39 is 0 Å². The first-order valence-electron chi connectivity index (χ1n) is 6.13. The highest BCUT2D eigenvalue weighted by Crippen LogP contribution is 2.32. The predicted octanol–water partition coefficient (Wildman–Crippen LogP) is 4.59. The largest absolute Gasteiger partial charge is 0.437 e. The molecule has 0 fully saturated rings. The average Bonchev–Trinajstić information content (AvgIpc) is 2.49. The van der Waals surface area contributed by atoms with Crippen molar-refractivity contribution in [3.63, 3.8) is 0 Å². The smallest absolute Gasteiger partial charge is 0.239 e. The van der Waals surface area contributed by atoms with Gasteiger partial charge in [0.05, 0.1) is 12.4 Å². The van der Waals surface area contributed by atoms with Gasteiger partial charge < -0.3 is 4.74 Å².